The highest BCUT2D eigenvalue weighted by Crippen LogP contribution is 2.39. The van der Waals surface area contributed by atoms with Gasteiger partial charge in [-0.05, 0) is 69.9 Å². The number of benzene rings is 1. The molecule has 1 unspecified atom stereocenters. The minimum atomic E-state index is -0.671. The number of hydrogen-bond acceptors (Lipinski definition) is 6. The Morgan fingerprint density at radius 2 is 2.14 bits per heavy atom. The van der Waals surface area contributed by atoms with Gasteiger partial charge in [-0.2, -0.15) is 0 Å². The largest absolute Gasteiger partial charge is 0.507 e. The number of phenols is 1. The normalized spacial score (nSPS) is 21.0. The Morgan fingerprint density at radius 3 is 2.83 bits per heavy atom. The van der Waals surface area contributed by atoms with Crippen LogP contribution in [0.15, 0.2) is 75.9 Å². The minimum absolute atomic E-state index is 0.0991. The number of rotatable bonds is 4. The van der Waals surface area contributed by atoms with E-state index in [1.807, 2.05) is 18.2 Å². The van der Waals surface area contributed by atoms with Gasteiger partial charge in [0.2, 0.25) is 0 Å². The van der Waals surface area contributed by atoms with E-state index in [1.54, 1.807) is 18.2 Å². The summed E-state index contributed by atoms with van der Waals surface area (Å²) in [6.07, 6.45) is 13.2. The van der Waals surface area contributed by atoms with Crippen molar-refractivity contribution in [1.29, 1.82) is 0 Å². The second-order valence-electron chi connectivity index (χ2n) is 6.42. The van der Waals surface area contributed by atoms with Crippen molar-refractivity contribution in [1.82, 2.24) is 4.90 Å². The monoisotopic (exact) mass is 473 g/mol. The third-order valence-electron chi connectivity index (χ3n) is 4.54. The number of carbonyl (C=O) groups is 2. The predicted octanol–water partition coefficient (Wildman–Crippen LogP) is 5.20. The van der Waals surface area contributed by atoms with Crippen molar-refractivity contribution >= 4 is 44.9 Å². The lowest BCUT2D eigenvalue weighted by atomic mass is 9.95. The van der Waals surface area contributed by atoms with Crippen LogP contribution in [-0.4, -0.2) is 27.2 Å². The standard InChI is InChI=1S/C21H16BrNO5S/c22-15-10-13(6-7-16(15)24)11-18-20(25)23(21(26)29-18)19(14-4-2-1-3-5-14)17-12-27-8-9-28-17/h1-2,4,6-12,19,24H,3,5H2. The molecule has 0 bridgehead atoms. The van der Waals surface area contributed by atoms with Crippen molar-refractivity contribution in [3.05, 3.63) is 81.5 Å². The first-order valence-electron chi connectivity index (χ1n) is 8.83. The fraction of sp³-hybridized carbons (Fsp3) is 0.143. The molecule has 0 saturated carbocycles. The number of aromatic hydroxyl groups is 1. The Hall–Kier alpha value is -2.71. The molecule has 0 spiro atoms. The van der Waals surface area contributed by atoms with E-state index in [-0.39, 0.29) is 11.0 Å². The number of halogens is 1. The molecule has 1 saturated heterocycles. The van der Waals surface area contributed by atoms with E-state index in [1.165, 1.54) is 29.8 Å². The SMILES string of the molecule is O=C1SC(=Cc2ccc(O)c(Br)c2)C(=O)N1C(C1=CC=CCC1)C1=COC=CO1. The number of ether oxygens (including phenoxy) is 2. The van der Waals surface area contributed by atoms with Crippen LogP contribution < -0.4 is 0 Å². The van der Waals surface area contributed by atoms with Crippen molar-refractivity contribution in [2.45, 2.75) is 18.9 Å². The quantitative estimate of drug-likeness (QED) is 0.605. The Kier molecular flexibility index (Phi) is 5.64. The molecule has 1 aromatic rings. The molecule has 3 aliphatic rings. The van der Waals surface area contributed by atoms with Gasteiger partial charge in [0, 0.05) is 0 Å². The highest BCUT2D eigenvalue weighted by Gasteiger charge is 2.43. The van der Waals surface area contributed by atoms with Crippen LogP contribution in [0.5, 0.6) is 5.75 Å². The number of imide groups is 1. The predicted molar refractivity (Wildman–Crippen MR) is 113 cm³/mol. The number of thioether (sulfide) groups is 1. The van der Waals surface area contributed by atoms with E-state index in [4.69, 9.17) is 9.47 Å². The summed E-state index contributed by atoms with van der Waals surface area (Å²) in [4.78, 5) is 27.5. The molecular formula is C21H16BrNO5S. The van der Waals surface area contributed by atoms with Gasteiger partial charge in [0.05, 0.1) is 9.38 Å². The molecule has 2 aliphatic heterocycles. The van der Waals surface area contributed by atoms with Crippen molar-refractivity contribution in [2.75, 3.05) is 0 Å². The number of hydrogen-bond donors (Lipinski definition) is 1. The topological polar surface area (TPSA) is 76.1 Å². The highest BCUT2D eigenvalue weighted by molar-refractivity contribution is 9.10. The summed E-state index contributed by atoms with van der Waals surface area (Å²) in [6, 6.07) is 4.20. The molecule has 2 heterocycles. The number of nitrogens with zero attached hydrogens (tertiary/aromatic N) is 1. The molecule has 4 rings (SSSR count). The molecule has 6 nitrogen and oxygen atoms in total. The zero-order valence-electron chi connectivity index (χ0n) is 15.1. The number of amides is 2. The number of allylic oxidation sites excluding steroid dienone is 3. The van der Waals surface area contributed by atoms with Gasteiger partial charge in [-0.1, -0.05) is 24.3 Å². The van der Waals surface area contributed by atoms with E-state index < -0.39 is 11.9 Å². The van der Waals surface area contributed by atoms with Crippen LogP contribution in [0.3, 0.4) is 0 Å². The maximum absolute atomic E-state index is 13.2. The van der Waals surface area contributed by atoms with Gasteiger partial charge < -0.3 is 14.6 Å². The van der Waals surface area contributed by atoms with Crippen LogP contribution in [0, 0.1) is 0 Å². The van der Waals surface area contributed by atoms with E-state index in [0.717, 1.165) is 23.8 Å². The second-order valence-corrected chi connectivity index (χ2v) is 8.27. The summed E-state index contributed by atoms with van der Waals surface area (Å²) < 4.78 is 11.3. The Bertz CT molecular complexity index is 1020. The number of phenolic OH excluding ortho intramolecular Hbond substituents is 1. The summed E-state index contributed by atoms with van der Waals surface area (Å²) in [6.45, 7) is 0. The first-order valence-corrected chi connectivity index (χ1v) is 10.4. The summed E-state index contributed by atoms with van der Waals surface area (Å²) in [5, 5.41) is 9.27. The van der Waals surface area contributed by atoms with Gasteiger partial charge in [-0.15, -0.1) is 0 Å². The van der Waals surface area contributed by atoms with Crippen LogP contribution in [0.25, 0.3) is 6.08 Å². The maximum Gasteiger partial charge on any atom is 0.294 e. The van der Waals surface area contributed by atoms with Crippen molar-refractivity contribution < 1.29 is 24.2 Å². The summed E-state index contributed by atoms with van der Waals surface area (Å²) in [7, 11) is 0. The van der Waals surface area contributed by atoms with Crippen LogP contribution in [0.4, 0.5) is 4.79 Å². The molecule has 1 fully saturated rings. The lowest BCUT2D eigenvalue weighted by Gasteiger charge is -2.30. The molecule has 2 amide bonds. The molecule has 8 heteroatoms. The Labute approximate surface area is 180 Å². The second kappa shape index (κ2) is 8.34. The summed E-state index contributed by atoms with van der Waals surface area (Å²) >= 11 is 4.13. The fourth-order valence-electron chi connectivity index (χ4n) is 3.19. The van der Waals surface area contributed by atoms with Gasteiger partial charge in [-0.3, -0.25) is 14.5 Å². The highest BCUT2D eigenvalue weighted by atomic mass is 79.9. The Morgan fingerprint density at radius 1 is 1.28 bits per heavy atom. The molecule has 0 aromatic heterocycles. The van der Waals surface area contributed by atoms with E-state index >= 15 is 0 Å². The molecule has 29 heavy (non-hydrogen) atoms. The smallest absolute Gasteiger partial charge is 0.294 e. The Balaban J connectivity index is 1.69. The van der Waals surface area contributed by atoms with E-state index in [9.17, 15) is 14.7 Å². The van der Waals surface area contributed by atoms with Crippen molar-refractivity contribution in [3.8, 4) is 5.75 Å². The first kappa shape index (κ1) is 19.6. The maximum atomic E-state index is 13.2. The molecule has 1 aromatic carbocycles. The lowest BCUT2D eigenvalue weighted by Crippen LogP contribution is -2.42. The van der Waals surface area contributed by atoms with Gasteiger partial charge in [0.1, 0.15) is 30.6 Å². The van der Waals surface area contributed by atoms with Gasteiger partial charge in [0.15, 0.2) is 5.76 Å². The minimum Gasteiger partial charge on any atom is -0.507 e. The molecule has 148 valence electrons. The first-order chi connectivity index (χ1) is 14.0. The van der Waals surface area contributed by atoms with Gasteiger partial charge >= 0.3 is 0 Å². The van der Waals surface area contributed by atoms with Gasteiger partial charge in [0.25, 0.3) is 11.1 Å². The zero-order chi connectivity index (χ0) is 20.4. The molecule has 1 aliphatic carbocycles. The molecule has 1 N–H and O–H groups in total. The lowest BCUT2D eigenvalue weighted by molar-refractivity contribution is -0.123. The molecule has 0 radical (unpaired) electrons. The van der Waals surface area contributed by atoms with Crippen LogP contribution in [-0.2, 0) is 14.3 Å². The van der Waals surface area contributed by atoms with Crippen LogP contribution in [0.1, 0.15) is 18.4 Å². The van der Waals surface area contributed by atoms with E-state index in [0.29, 0.717) is 27.1 Å². The van der Waals surface area contributed by atoms with Crippen molar-refractivity contribution in [2.24, 2.45) is 0 Å². The summed E-state index contributed by atoms with van der Waals surface area (Å²) in [5.41, 5.74) is 1.59. The summed E-state index contributed by atoms with van der Waals surface area (Å²) in [5.74, 6) is 0.0794. The fourth-order valence-corrected chi connectivity index (χ4v) is 4.44. The van der Waals surface area contributed by atoms with E-state index in [2.05, 4.69) is 15.9 Å². The average Bonchev–Trinajstić information content (AvgIpc) is 3.00. The third kappa shape index (κ3) is 4.04. The molecular weight excluding hydrogens is 458 g/mol. The number of carbonyl (C=O) groups excluding carboxylic acids is 2. The van der Waals surface area contributed by atoms with Crippen LogP contribution in [0.2, 0.25) is 0 Å². The zero-order valence-corrected chi connectivity index (χ0v) is 17.5. The van der Waals surface area contributed by atoms with Gasteiger partial charge in [-0.25, -0.2) is 0 Å². The third-order valence-corrected chi connectivity index (χ3v) is 6.06. The molecule has 1 atom stereocenters. The van der Waals surface area contributed by atoms with Crippen LogP contribution >= 0.6 is 27.7 Å². The van der Waals surface area contributed by atoms with Crippen molar-refractivity contribution in [3.63, 3.8) is 0 Å². The average molecular weight is 474 g/mol.